The van der Waals surface area contributed by atoms with Crippen molar-refractivity contribution in [1.29, 1.82) is 0 Å². The molecule has 0 aromatic heterocycles. The van der Waals surface area contributed by atoms with Crippen LogP contribution in [0.15, 0.2) is 113 Å². The minimum absolute atomic E-state index is 0.0114. The van der Waals surface area contributed by atoms with Gasteiger partial charge < -0.3 is 14.6 Å². The first-order chi connectivity index (χ1) is 17.1. The van der Waals surface area contributed by atoms with Gasteiger partial charge >= 0.3 is 5.97 Å². The fourth-order valence-electron chi connectivity index (χ4n) is 4.10. The number of aliphatic hydroxyl groups excluding tert-OH is 1. The number of esters is 1. The van der Waals surface area contributed by atoms with Crippen molar-refractivity contribution in [2.24, 2.45) is 0 Å². The predicted molar refractivity (Wildman–Crippen MR) is 142 cm³/mol. The number of hydrogen-bond acceptors (Lipinski definition) is 5. The van der Waals surface area contributed by atoms with E-state index in [1.807, 2.05) is 42.5 Å². The lowest BCUT2D eigenvalue weighted by Crippen LogP contribution is -2.24. The van der Waals surface area contributed by atoms with E-state index in [4.69, 9.17) is 9.47 Å². The molecule has 0 radical (unpaired) electrons. The Morgan fingerprint density at radius 2 is 1.60 bits per heavy atom. The Hall–Kier alpha value is -3.80. The number of ether oxygens (including phenoxy) is 2. The summed E-state index contributed by atoms with van der Waals surface area (Å²) in [6.07, 6.45) is 0.107. The second-order valence-electron chi connectivity index (χ2n) is 8.19. The fraction of sp³-hybridized carbons (Fsp3) is 0.100. The molecule has 174 valence electrons. The Kier molecular flexibility index (Phi) is 6.70. The molecule has 5 aromatic carbocycles. The molecular formula is C30H24O4S. The molecule has 0 heterocycles. The minimum atomic E-state index is -0.965. The van der Waals surface area contributed by atoms with Gasteiger partial charge in [0.2, 0.25) is 0 Å². The third kappa shape index (κ3) is 5.02. The first-order valence-electron chi connectivity index (χ1n) is 11.3. The maximum absolute atomic E-state index is 11.3. The second-order valence-corrected chi connectivity index (χ2v) is 9.31. The molecule has 0 aliphatic heterocycles. The van der Waals surface area contributed by atoms with Gasteiger partial charge in [-0.25, -0.2) is 4.79 Å². The van der Waals surface area contributed by atoms with Crippen LogP contribution in [0.3, 0.4) is 0 Å². The van der Waals surface area contributed by atoms with E-state index in [0.717, 1.165) is 37.4 Å². The van der Waals surface area contributed by atoms with Gasteiger partial charge in [-0.15, -0.1) is 0 Å². The Balaban J connectivity index is 1.54. The predicted octanol–water partition coefficient (Wildman–Crippen LogP) is 6.77. The van der Waals surface area contributed by atoms with Gasteiger partial charge in [0.15, 0.2) is 0 Å². The van der Waals surface area contributed by atoms with E-state index in [0.29, 0.717) is 5.75 Å². The summed E-state index contributed by atoms with van der Waals surface area (Å²) in [6.45, 7) is 3.20. The number of fused-ring (bicyclic) bond motifs is 3. The van der Waals surface area contributed by atoms with Crippen molar-refractivity contribution in [2.75, 3.05) is 13.2 Å². The molecule has 1 N–H and O–H groups in total. The lowest BCUT2D eigenvalue weighted by Gasteiger charge is -2.18. The number of carbonyl (C=O) groups is 1. The quantitative estimate of drug-likeness (QED) is 0.151. The third-order valence-electron chi connectivity index (χ3n) is 5.76. The molecule has 5 aromatic rings. The van der Waals surface area contributed by atoms with Crippen LogP contribution < -0.4 is 4.74 Å². The summed E-state index contributed by atoms with van der Waals surface area (Å²) in [5.41, 5.74) is 0. The first kappa shape index (κ1) is 23.0. The summed E-state index contributed by atoms with van der Waals surface area (Å²) in [5.74, 6) is 0.129. The molecule has 0 aliphatic carbocycles. The minimum Gasteiger partial charge on any atom is -0.489 e. The number of rotatable bonds is 8. The lowest BCUT2D eigenvalue weighted by atomic mass is 10.0. The van der Waals surface area contributed by atoms with E-state index >= 15 is 0 Å². The summed E-state index contributed by atoms with van der Waals surface area (Å²) in [6, 6.07) is 31.2. The Labute approximate surface area is 207 Å². The van der Waals surface area contributed by atoms with E-state index in [1.165, 1.54) is 10.8 Å². The molecule has 35 heavy (non-hydrogen) atoms. The van der Waals surface area contributed by atoms with Crippen molar-refractivity contribution in [3.63, 3.8) is 0 Å². The molecule has 0 amide bonds. The monoisotopic (exact) mass is 480 g/mol. The van der Waals surface area contributed by atoms with Crippen LogP contribution in [-0.2, 0) is 9.53 Å². The normalized spacial score (nSPS) is 12.0. The zero-order valence-corrected chi connectivity index (χ0v) is 19.8. The van der Waals surface area contributed by atoms with E-state index < -0.39 is 12.1 Å². The Bertz CT molecular complexity index is 1540. The summed E-state index contributed by atoms with van der Waals surface area (Å²) < 4.78 is 11.2. The smallest absolute Gasteiger partial charge is 0.330 e. The number of carbonyl (C=O) groups excluding carboxylic acids is 1. The van der Waals surface area contributed by atoms with Gasteiger partial charge in [0, 0.05) is 26.6 Å². The second kappa shape index (κ2) is 10.2. The van der Waals surface area contributed by atoms with Crippen LogP contribution in [0.2, 0.25) is 0 Å². The molecule has 5 rings (SSSR count). The highest BCUT2D eigenvalue weighted by molar-refractivity contribution is 7.99. The summed E-state index contributed by atoms with van der Waals surface area (Å²) in [7, 11) is 0. The van der Waals surface area contributed by atoms with E-state index in [-0.39, 0.29) is 13.2 Å². The highest BCUT2D eigenvalue weighted by atomic mass is 32.2. The van der Waals surface area contributed by atoms with Crippen LogP contribution in [0.5, 0.6) is 5.75 Å². The average Bonchev–Trinajstić information content (AvgIpc) is 2.89. The average molecular weight is 481 g/mol. The molecule has 1 atom stereocenters. The van der Waals surface area contributed by atoms with Crippen LogP contribution in [0.4, 0.5) is 0 Å². The van der Waals surface area contributed by atoms with Gasteiger partial charge in [-0.2, -0.15) is 0 Å². The zero-order valence-electron chi connectivity index (χ0n) is 19.0. The number of benzene rings is 5. The molecule has 4 nitrogen and oxygen atoms in total. The van der Waals surface area contributed by atoms with Crippen molar-refractivity contribution in [2.45, 2.75) is 15.9 Å². The molecule has 0 bridgehead atoms. The van der Waals surface area contributed by atoms with Crippen molar-refractivity contribution >= 4 is 50.0 Å². The molecule has 0 spiro atoms. The molecule has 5 heteroatoms. The SMILES string of the molecule is C=CC(=O)OCC(O)COc1c2ccccc2cc2cccc(Sc3ccc4ccccc4c3)c12. The van der Waals surface area contributed by atoms with Crippen molar-refractivity contribution in [3.8, 4) is 5.75 Å². The Morgan fingerprint density at radius 3 is 2.43 bits per heavy atom. The van der Waals surface area contributed by atoms with E-state index in [2.05, 4.69) is 55.1 Å². The summed E-state index contributed by atoms with van der Waals surface area (Å²) in [4.78, 5) is 13.5. The Morgan fingerprint density at radius 1 is 0.857 bits per heavy atom. The van der Waals surface area contributed by atoms with Crippen LogP contribution >= 0.6 is 11.8 Å². The van der Waals surface area contributed by atoms with Gasteiger partial charge in [-0.05, 0) is 45.8 Å². The first-order valence-corrected chi connectivity index (χ1v) is 12.2. The number of hydrogen-bond donors (Lipinski definition) is 1. The molecule has 0 fully saturated rings. The molecule has 0 saturated carbocycles. The van der Waals surface area contributed by atoms with Crippen molar-refractivity contribution in [3.05, 3.63) is 104 Å². The van der Waals surface area contributed by atoms with E-state index in [1.54, 1.807) is 11.8 Å². The highest BCUT2D eigenvalue weighted by Gasteiger charge is 2.16. The van der Waals surface area contributed by atoms with Gasteiger partial charge in [0.1, 0.15) is 25.1 Å². The van der Waals surface area contributed by atoms with Crippen molar-refractivity contribution in [1.82, 2.24) is 0 Å². The lowest BCUT2D eigenvalue weighted by molar-refractivity contribution is -0.141. The van der Waals surface area contributed by atoms with Gasteiger partial charge in [0.05, 0.1) is 0 Å². The largest absolute Gasteiger partial charge is 0.489 e. The van der Waals surface area contributed by atoms with Gasteiger partial charge in [0.25, 0.3) is 0 Å². The van der Waals surface area contributed by atoms with E-state index in [9.17, 15) is 9.90 Å². The molecular weight excluding hydrogens is 456 g/mol. The maximum atomic E-state index is 11.3. The molecule has 1 unspecified atom stereocenters. The zero-order chi connectivity index (χ0) is 24.2. The summed E-state index contributed by atoms with van der Waals surface area (Å²) >= 11 is 1.68. The third-order valence-corrected chi connectivity index (χ3v) is 6.81. The van der Waals surface area contributed by atoms with Gasteiger partial charge in [-0.1, -0.05) is 85.1 Å². The molecule has 0 aliphatic rings. The topological polar surface area (TPSA) is 55.8 Å². The number of aliphatic hydroxyl groups is 1. The standard InChI is InChI=1S/C30H24O4S/c1-2-28(32)33-18-24(31)19-34-30-26-12-6-5-10-22(26)16-23-11-7-13-27(29(23)30)35-25-15-14-20-8-3-4-9-21(20)17-25/h2-17,24,31H,1,18-19H2. The van der Waals surface area contributed by atoms with Gasteiger partial charge in [-0.3, -0.25) is 0 Å². The maximum Gasteiger partial charge on any atom is 0.330 e. The summed E-state index contributed by atoms with van der Waals surface area (Å²) in [5, 5.41) is 16.8. The van der Waals surface area contributed by atoms with Crippen LogP contribution in [0, 0.1) is 0 Å². The highest BCUT2D eigenvalue weighted by Crippen LogP contribution is 2.43. The van der Waals surface area contributed by atoms with Crippen LogP contribution in [0.25, 0.3) is 32.3 Å². The van der Waals surface area contributed by atoms with Crippen LogP contribution in [0.1, 0.15) is 0 Å². The fourth-order valence-corrected chi connectivity index (χ4v) is 5.14. The molecule has 0 saturated heterocycles. The van der Waals surface area contributed by atoms with Crippen molar-refractivity contribution < 1.29 is 19.4 Å². The van der Waals surface area contributed by atoms with Crippen LogP contribution in [-0.4, -0.2) is 30.4 Å².